The summed E-state index contributed by atoms with van der Waals surface area (Å²) in [6.07, 6.45) is 2.99. The first kappa shape index (κ1) is 35.2. The minimum atomic E-state index is -3.02. The van der Waals surface area contributed by atoms with Gasteiger partial charge < -0.3 is 24.3 Å². The average Bonchev–Trinajstić information content (AvgIpc) is 3.43. The van der Waals surface area contributed by atoms with E-state index in [0.717, 1.165) is 42.4 Å². The summed E-state index contributed by atoms with van der Waals surface area (Å²) >= 11 is 13.1. The van der Waals surface area contributed by atoms with Crippen molar-refractivity contribution in [2.45, 2.75) is 76.3 Å². The molecule has 0 radical (unpaired) electrons. The highest BCUT2D eigenvalue weighted by Crippen LogP contribution is 2.51. The molecule has 3 aliphatic heterocycles. The zero-order valence-electron chi connectivity index (χ0n) is 29.3. The number of aromatic nitrogens is 2. The number of carbonyl (C=O) groups is 1. The van der Waals surface area contributed by atoms with Gasteiger partial charge in [-0.15, -0.1) is 0 Å². The van der Waals surface area contributed by atoms with E-state index in [1.54, 1.807) is 36.4 Å². The number of alkyl halides is 2. The number of likely N-dealkylation sites (tertiary alicyclic amines) is 1. The van der Waals surface area contributed by atoms with Crippen molar-refractivity contribution < 1.29 is 27.4 Å². The Kier molecular flexibility index (Phi) is 8.91. The van der Waals surface area contributed by atoms with Crippen molar-refractivity contribution in [3.8, 4) is 28.7 Å². The van der Waals surface area contributed by atoms with Crippen LogP contribution in [-0.4, -0.2) is 52.2 Å². The van der Waals surface area contributed by atoms with E-state index in [9.17, 15) is 18.8 Å². The summed E-state index contributed by atoms with van der Waals surface area (Å²) in [5, 5.41) is 15.2. The maximum atomic E-state index is 17.2. The highest BCUT2D eigenvalue weighted by atomic mass is 35.5. The monoisotopic (exact) mass is 773 g/mol. The van der Waals surface area contributed by atoms with Gasteiger partial charge in [-0.2, -0.15) is 14.0 Å². The molecule has 8 nitrogen and oxygen atoms in total. The van der Waals surface area contributed by atoms with Crippen LogP contribution in [0.3, 0.4) is 0 Å². The number of halogens is 5. The van der Waals surface area contributed by atoms with Crippen LogP contribution in [0.5, 0.6) is 11.5 Å². The van der Waals surface area contributed by atoms with Crippen LogP contribution in [0.15, 0.2) is 54.6 Å². The SMILES string of the molecule is Cc1nc2c(F)c(-c3cccc(Cl)c3Cl)c(CCC#N)cc2c2c1cc(C1CC(Oc3ccccc3OC(F)F)CN1C(=O)C1CC1)n2C1C2CNC1C2. The number of fused-ring (bicyclic) bond motifs is 4. The molecule has 5 atom stereocenters. The van der Waals surface area contributed by atoms with Gasteiger partial charge in [-0.05, 0) is 74.4 Å². The molecule has 5 heterocycles. The van der Waals surface area contributed by atoms with Crippen molar-refractivity contribution >= 4 is 50.9 Å². The van der Waals surface area contributed by atoms with Crippen LogP contribution in [-0.2, 0) is 11.2 Å². The van der Waals surface area contributed by atoms with Crippen LogP contribution < -0.4 is 14.8 Å². The predicted octanol–water partition coefficient (Wildman–Crippen LogP) is 9.33. The number of nitriles is 1. The maximum absolute atomic E-state index is 17.2. The number of rotatable bonds is 10. The van der Waals surface area contributed by atoms with E-state index in [1.165, 1.54) is 6.07 Å². The lowest BCUT2D eigenvalue weighted by molar-refractivity contribution is -0.133. The van der Waals surface area contributed by atoms with Gasteiger partial charge in [0.2, 0.25) is 5.91 Å². The fraction of sp³-hybridized carbons (Fsp3) is 0.390. The molecule has 1 amide bonds. The molecule has 5 aromatic rings. The molecule has 278 valence electrons. The Morgan fingerprint density at radius 3 is 2.59 bits per heavy atom. The zero-order chi connectivity index (χ0) is 37.4. The number of carbonyl (C=O) groups excluding carboxylic acids is 1. The second-order valence-electron chi connectivity index (χ2n) is 14.9. The Labute approximate surface area is 319 Å². The molecule has 5 aliphatic rings. The molecule has 3 saturated heterocycles. The fourth-order valence-corrected chi connectivity index (χ4v) is 9.39. The lowest BCUT2D eigenvalue weighted by Gasteiger charge is -2.39. The van der Waals surface area contributed by atoms with Crippen molar-refractivity contribution in [2.24, 2.45) is 11.8 Å². The molecule has 1 N–H and O–H groups in total. The van der Waals surface area contributed by atoms with Crippen molar-refractivity contribution in [3.63, 3.8) is 0 Å². The maximum Gasteiger partial charge on any atom is 0.387 e. The van der Waals surface area contributed by atoms with Crippen LogP contribution in [0.4, 0.5) is 13.2 Å². The topological polar surface area (TPSA) is 92.4 Å². The molecule has 2 aliphatic carbocycles. The van der Waals surface area contributed by atoms with Gasteiger partial charge in [0, 0.05) is 64.6 Å². The van der Waals surface area contributed by atoms with E-state index in [4.69, 9.17) is 37.7 Å². The van der Waals surface area contributed by atoms with Gasteiger partial charge >= 0.3 is 6.61 Å². The van der Waals surface area contributed by atoms with E-state index >= 15 is 4.39 Å². The van der Waals surface area contributed by atoms with Gasteiger partial charge in [0.25, 0.3) is 0 Å². The van der Waals surface area contributed by atoms with Crippen molar-refractivity contribution in [2.75, 3.05) is 13.1 Å². The van der Waals surface area contributed by atoms with E-state index < -0.39 is 24.6 Å². The molecule has 2 aromatic heterocycles. The fourth-order valence-electron chi connectivity index (χ4n) is 8.99. The second kappa shape index (κ2) is 13.7. The summed E-state index contributed by atoms with van der Waals surface area (Å²) < 4.78 is 57.2. The quantitative estimate of drug-likeness (QED) is 0.152. The summed E-state index contributed by atoms with van der Waals surface area (Å²) in [6.45, 7) is -0.0320. The van der Waals surface area contributed by atoms with Crippen LogP contribution in [0.25, 0.3) is 32.9 Å². The zero-order valence-corrected chi connectivity index (χ0v) is 30.8. The minimum absolute atomic E-state index is 0.0438. The minimum Gasteiger partial charge on any atom is -0.485 e. The molecule has 5 unspecified atom stereocenters. The van der Waals surface area contributed by atoms with E-state index in [2.05, 4.69) is 22.0 Å². The van der Waals surface area contributed by atoms with Crippen LogP contribution in [0.1, 0.15) is 61.1 Å². The molecular formula is C41H36Cl2F3N5O3. The Bertz CT molecular complexity index is 2360. The molecule has 54 heavy (non-hydrogen) atoms. The summed E-state index contributed by atoms with van der Waals surface area (Å²) in [5.74, 6) is -0.114. The summed E-state index contributed by atoms with van der Waals surface area (Å²) in [7, 11) is 0. The number of hydrogen-bond donors (Lipinski definition) is 1. The Morgan fingerprint density at radius 2 is 1.89 bits per heavy atom. The number of hydrogen-bond acceptors (Lipinski definition) is 6. The third-order valence-electron chi connectivity index (χ3n) is 11.6. The third-order valence-corrected chi connectivity index (χ3v) is 12.4. The lowest BCUT2D eigenvalue weighted by Crippen LogP contribution is -2.41. The smallest absolute Gasteiger partial charge is 0.387 e. The Morgan fingerprint density at radius 1 is 1.09 bits per heavy atom. The molecule has 0 spiro atoms. The van der Waals surface area contributed by atoms with Gasteiger partial charge in [0.15, 0.2) is 17.3 Å². The summed E-state index contributed by atoms with van der Waals surface area (Å²) in [6, 6.07) is 17.5. The molecule has 5 fully saturated rings. The normalized spacial score (nSPS) is 23.3. The van der Waals surface area contributed by atoms with Crippen molar-refractivity contribution in [3.05, 3.63) is 87.4 Å². The van der Waals surface area contributed by atoms with Crippen LogP contribution in [0, 0.1) is 35.9 Å². The number of benzene rings is 3. The molecular weight excluding hydrogens is 738 g/mol. The first-order valence-electron chi connectivity index (χ1n) is 18.3. The van der Waals surface area contributed by atoms with Gasteiger partial charge in [-0.3, -0.25) is 4.79 Å². The van der Waals surface area contributed by atoms with E-state index in [-0.39, 0.29) is 70.9 Å². The lowest BCUT2D eigenvalue weighted by atomic mass is 9.79. The first-order valence-corrected chi connectivity index (χ1v) is 19.1. The van der Waals surface area contributed by atoms with Crippen LogP contribution in [0.2, 0.25) is 10.0 Å². The number of nitrogens with one attached hydrogen (secondary N) is 1. The molecule has 3 aromatic carbocycles. The standard InChI is InChI=1S/C41H36Cl2F3N5O3/c1-20-26-17-31(30-16-24(19-50(30)40(52)21-11-12-21)53-32-9-2-3-10-33(32)54-41(45)46)51(38-23-15-29(38)48-18-23)39(26)27-14-22(6-5-13-47)34(36(44)37(27)49-20)25-7-4-8-28(42)35(25)43/h2-4,7-10,14,17,21,23-24,29-30,38,41,48H,5-6,11-12,15-16,18-19H2,1H3. The first-order chi connectivity index (χ1) is 26.1. The number of para-hydroxylation sites is 2. The summed E-state index contributed by atoms with van der Waals surface area (Å²) in [5.41, 5.74) is 3.87. The molecule has 2 bridgehead atoms. The van der Waals surface area contributed by atoms with Crippen LogP contribution >= 0.6 is 23.2 Å². The predicted molar refractivity (Wildman–Crippen MR) is 200 cm³/mol. The van der Waals surface area contributed by atoms with Crippen molar-refractivity contribution in [1.82, 2.24) is 19.8 Å². The number of pyridine rings is 1. The van der Waals surface area contributed by atoms with Gasteiger partial charge in [0.1, 0.15) is 11.6 Å². The van der Waals surface area contributed by atoms with Gasteiger partial charge in [0.05, 0.1) is 40.3 Å². The number of nitrogens with zero attached hydrogens (tertiary/aromatic N) is 4. The highest BCUT2D eigenvalue weighted by molar-refractivity contribution is 6.43. The largest absolute Gasteiger partial charge is 0.485 e. The van der Waals surface area contributed by atoms with E-state index in [1.807, 2.05) is 17.9 Å². The Balaban J connectivity index is 1.23. The van der Waals surface area contributed by atoms with E-state index in [0.29, 0.717) is 39.6 Å². The average molecular weight is 775 g/mol. The molecule has 13 heteroatoms. The number of aryl methyl sites for hydroxylation is 2. The molecule has 2 saturated carbocycles. The van der Waals surface area contributed by atoms with Crippen molar-refractivity contribution in [1.29, 1.82) is 5.26 Å². The second-order valence-corrected chi connectivity index (χ2v) is 15.6. The third kappa shape index (κ3) is 5.85. The van der Waals surface area contributed by atoms with Gasteiger partial charge in [-0.1, -0.05) is 47.5 Å². The number of ether oxygens (including phenoxy) is 2. The van der Waals surface area contributed by atoms with Gasteiger partial charge in [-0.25, -0.2) is 9.37 Å². The highest BCUT2D eigenvalue weighted by Gasteiger charge is 2.51. The molecule has 10 rings (SSSR count). The summed E-state index contributed by atoms with van der Waals surface area (Å²) in [4.78, 5) is 20.8. The Hall–Kier alpha value is -4.50. The number of amides is 1.